The number of benzene rings is 1. The van der Waals surface area contributed by atoms with Crippen molar-refractivity contribution in [3.63, 3.8) is 0 Å². The molecule has 1 fully saturated rings. The van der Waals surface area contributed by atoms with Crippen LogP contribution in [0.1, 0.15) is 50.4 Å². The summed E-state index contributed by atoms with van der Waals surface area (Å²) in [5, 5.41) is 9.43. The van der Waals surface area contributed by atoms with Gasteiger partial charge in [-0.05, 0) is 44.4 Å². The summed E-state index contributed by atoms with van der Waals surface area (Å²) in [5.74, 6) is -0.218. The second-order valence-corrected chi connectivity index (χ2v) is 6.70. The number of hydrogen-bond donors (Lipinski definition) is 3. The normalized spacial score (nSPS) is 22.2. The monoisotopic (exact) mass is 367 g/mol. The molecule has 5 nitrogen and oxygen atoms in total. The Hall–Kier alpha value is -1.59. The van der Waals surface area contributed by atoms with Crippen LogP contribution in [0.15, 0.2) is 30.3 Å². The van der Waals surface area contributed by atoms with Crippen LogP contribution in [-0.2, 0) is 4.79 Å². The van der Waals surface area contributed by atoms with Gasteiger partial charge in [-0.15, -0.1) is 12.4 Å². The molecule has 1 saturated heterocycles. The second-order valence-electron chi connectivity index (χ2n) is 6.70. The van der Waals surface area contributed by atoms with Gasteiger partial charge in [0.05, 0.1) is 0 Å². The Kier molecular flexibility index (Phi) is 8.93. The third kappa shape index (κ3) is 6.01. The highest BCUT2D eigenvalue weighted by Crippen LogP contribution is 2.13. The zero-order valence-electron chi connectivity index (χ0n) is 15.2. The van der Waals surface area contributed by atoms with E-state index in [0.29, 0.717) is 5.56 Å². The fraction of sp³-hybridized carbons (Fsp3) is 0.579. The Morgan fingerprint density at radius 3 is 2.56 bits per heavy atom. The third-order valence-corrected chi connectivity index (χ3v) is 4.91. The van der Waals surface area contributed by atoms with Crippen molar-refractivity contribution in [2.75, 3.05) is 6.54 Å². The third-order valence-electron chi connectivity index (χ3n) is 4.91. The van der Waals surface area contributed by atoms with Gasteiger partial charge in [-0.3, -0.25) is 9.59 Å². The van der Waals surface area contributed by atoms with Gasteiger partial charge in [0.25, 0.3) is 5.91 Å². The molecule has 0 aliphatic carbocycles. The molecule has 6 heteroatoms. The van der Waals surface area contributed by atoms with E-state index in [-0.39, 0.29) is 42.2 Å². The Labute approximate surface area is 156 Å². The van der Waals surface area contributed by atoms with E-state index in [4.69, 9.17) is 0 Å². The fourth-order valence-corrected chi connectivity index (χ4v) is 3.03. The van der Waals surface area contributed by atoms with Gasteiger partial charge < -0.3 is 16.0 Å². The zero-order valence-corrected chi connectivity index (χ0v) is 16.1. The molecule has 4 unspecified atom stereocenters. The first-order chi connectivity index (χ1) is 11.5. The fourth-order valence-electron chi connectivity index (χ4n) is 3.03. The molecule has 0 saturated carbocycles. The Bertz CT molecular complexity index is 553. The minimum atomic E-state index is -0.517. The van der Waals surface area contributed by atoms with Crippen LogP contribution in [0.2, 0.25) is 0 Å². The lowest BCUT2D eigenvalue weighted by atomic mass is 9.95. The van der Waals surface area contributed by atoms with Crippen LogP contribution in [0.3, 0.4) is 0 Å². The van der Waals surface area contributed by atoms with E-state index in [9.17, 15) is 9.59 Å². The van der Waals surface area contributed by atoms with Gasteiger partial charge >= 0.3 is 0 Å². The number of piperidine rings is 1. The number of halogens is 1. The first-order valence-corrected chi connectivity index (χ1v) is 8.92. The number of hydrogen-bond acceptors (Lipinski definition) is 3. The molecule has 1 aromatic rings. The molecule has 2 amide bonds. The van der Waals surface area contributed by atoms with Gasteiger partial charge in [0.15, 0.2) is 0 Å². The van der Waals surface area contributed by atoms with Crippen molar-refractivity contribution in [1.29, 1.82) is 0 Å². The van der Waals surface area contributed by atoms with Gasteiger partial charge in [0, 0.05) is 17.6 Å². The average molecular weight is 368 g/mol. The van der Waals surface area contributed by atoms with Crippen molar-refractivity contribution in [3.05, 3.63) is 35.9 Å². The van der Waals surface area contributed by atoms with Crippen molar-refractivity contribution in [2.24, 2.45) is 5.92 Å². The van der Waals surface area contributed by atoms with Crippen molar-refractivity contribution >= 4 is 24.2 Å². The molecule has 0 spiro atoms. The lowest BCUT2D eigenvalue weighted by molar-refractivity contribution is -0.125. The minimum absolute atomic E-state index is 0. The van der Waals surface area contributed by atoms with Crippen LogP contribution in [0.5, 0.6) is 0 Å². The highest BCUT2D eigenvalue weighted by atomic mass is 35.5. The summed E-state index contributed by atoms with van der Waals surface area (Å²) >= 11 is 0. The SMILES string of the molecule is CCC(C)C(NC(=O)c1ccccc1)C(=O)NC1CCCNC1C.Cl. The van der Waals surface area contributed by atoms with E-state index in [1.165, 1.54) is 0 Å². The molecule has 140 valence electrons. The molecule has 1 aromatic carbocycles. The van der Waals surface area contributed by atoms with Crippen LogP contribution >= 0.6 is 12.4 Å². The molecule has 0 bridgehead atoms. The van der Waals surface area contributed by atoms with E-state index in [0.717, 1.165) is 25.8 Å². The van der Waals surface area contributed by atoms with E-state index in [1.807, 2.05) is 32.0 Å². The molecule has 0 radical (unpaired) electrons. The summed E-state index contributed by atoms with van der Waals surface area (Å²) in [5.41, 5.74) is 0.575. The van der Waals surface area contributed by atoms with E-state index >= 15 is 0 Å². The van der Waals surface area contributed by atoms with Gasteiger partial charge in [0.2, 0.25) is 5.91 Å². The molecule has 3 N–H and O–H groups in total. The standard InChI is InChI=1S/C19H29N3O2.ClH/c1-4-13(2)17(22-18(23)15-9-6-5-7-10-15)19(24)21-16-11-8-12-20-14(16)3;/h5-7,9-10,13-14,16-17,20H,4,8,11-12H2,1-3H3,(H,21,24)(H,22,23);1H. The number of amides is 2. The summed E-state index contributed by atoms with van der Waals surface area (Å²) in [4.78, 5) is 25.2. The lowest BCUT2D eigenvalue weighted by Crippen LogP contribution is -2.57. The maximum absolute atomic E-state index is 12.8. The second kappa shape index (κ2) is 10.4. The Balaban J connectivity index is 0.00000312. The van der Waals surface area contributed by atoms with Crippen molar-refractivity contribution in [2.45, 2.75) is 58.2 Å². The van der Waals surface area contributed by atoms with Crippen LogP contribution < -0.4 is 16.0 Å². The van der Waals surface area contributed by atoms with E-state index in [2.05, 4.69) is 22.9 Å². The molecule has 1 aliphatic rings. The summed E-state index contributed by atoms with van der Waals surface area (Å²) in [7, 11) is 0. The molecular weight excluding hydrogens is 338 g/mol. The Morgan fingerprint density at radius 2 is 1.96 bits per heavy atom. The van der Waals surface area contributed by atoms with Gasteiger partial charge in [-0.2, -0.15) is 0 Å². The van der Waals surface area contributed by atoms with Crippen LogP contribution in [0, 0.1) is 5.92 Å². The number of carbonyl (C=O) groups excluding carboxylic acids is 2. The van der Waals surface area contributed by atoms with Crippen molar-refractivity contribution in [3.8, 4) is 0 Å². The highest BCUT2D eigenvalue weighted by Gasteiger charge is 2.30. The summed E-state index contributed by atoms with van der Waals surface area (Å²) in [6.07, 6.45) is 2.85. The number of rotatable bonds is 6. The summed E-state index contributed by atoms with van der Waals surface area (Å²) in [6.45, 7) is 7.11. The number of nitrogens with one attached hydrogen (secondary N) is 3. The quantitative estimate of drug-likeness (QED) is 0.723. The van der Waals surface area contributed by atoms with Crippen molar-refractivity contribution < 1.29 is 9.59 Å². The maximum Gasteiger partial charge on any atom is 0.251 e. The molecule has 2 rings (SSSR count). The average Bonchev–Trinajstić information content (AvgIpc) is 2.61. The Morgan fingerprint density at radius 1 is 1.28 bits per heavy atom. The van der Waals surface area contributed by atoms with E-state index < -0.39 is 6.04 Å². The van der Waals surface area contributed by atoms with E-state index in [1.54, 1.807) is 12.1 Å². The van der Waals surface area contributed by atoms with Crippen LogP contribution in [0.25, 0.3) is 0 Å². The summed E-state index contributed by atoms with van der Waals surface area (Å²) < 4.78 is 0. The molecule has 1 heterocycles. The van der Waals surface area contributed by atoms with Gasteiger partial charge in [-0.25, -0.2) is 0 Å². The van der Waals surface area contributed by atoms with Crippen LogP contribution in [0.4, 0.5) is 0 Å². The first kappa shape index (κ1) is 21.5. The first-order valence-electron chi connectivity index (χ1n) is 8.92. The molecular formula is C19H30ClN3O2. The lowest BCUT2D eigenvalue weighted by Gasteiger charge is -2.33. The van der Waals surface area contributed by atoms with Crippen LogP contribution in [-0.4, -0.2) is 36.5 Å². The summed E-state index contributed by atoms with van der Waals surface area (Å²) in [6, 6.07) is 8.88. The topological polar surface area (TPSA) is 70.2 Å². The maximum atomic E-state index is 12.8. The predicted octanol–water partition coefficient (Wildman–Crippen LogP) is 2.51. The highest BCUT2D eigenvalue weighted by molar-refractivity contribution is 5.97. The predicted molar refractivity (Wildman–Crippen MR) is 103 cm³/mol. The zero-order chi connectivity index (χ0) is 17.5. The molecule has 0 aromatic heterocycles. The number of carbonyl (C=O) groups is 2. The molecule has 4 atom stereocenters. The molecule has 25 heavy (non-hydrogen) atoms. The van der Waals surface area contributed by atoms with Gasteiger partial charge in [-0.1, -0.05) is 38.5 Å². The smallest absolute Gasteiger partial charge is 0.251 e. The minimum Gasteiger partial charge on any atom is -0.350 e. The van der Waals surface area contributed by atoms with Gasteiger partial charge in [0.1, 0.15) is 6.04 Å². The van der Waals surface area contributed by atoms with Crippen molar-refractivity contribution in [1.82, 2.24) is 16.0 Å². The molecule has 1 aliphatic heterocycles. The largest absolute Gasteiger partial charge is 0.350 e.